The van der Waals surface area contributed by atoms with E-state index in [4.69, 9.17) is 9.47 Å². The molecule has 0 saturated carbocycles. The van der Waals surface area contributed by atoms with Gasteiger partial charge in [0.25, 0.3) is 0 Å². The Balaban J connectivity index is 1.44. The normalized spacial score (nSPS) is 16.9. The fraction of sp³-hybridized carbons (Fsp3) is 0.417. The second kappa shape index (κ2) is 10.0. The first-order valence-electron chi connectivity index (χ1n) is 10.9. The highest BCUT2D eigenvalue weighted by Crippen LogP contribution is 2.31. The predicted octanol–water partition coefficient (Wildman–Crippen LogP) is 1.82. The Morgan fingerprint density at radius 3 is 2.69 bits per heavy atom. The summed E-state index contributed by atoms with van der Waals surface area (Å²) < 4.78 is 10.7. The van der Waals surface area contributed by atoms with E-state index in [-0.39, 0.29) is 6.04 Å². The molecule has 2 aromatic carbocycles. The number of amides is 2. The molecule has 2 N–H and O–H groups in total. The molecule has 1 atom stereocenters. The number of hydrogen-bond acceptors (Lipinski definition) is 6. The molecule has 0 aliphatic carbocycles. The standard InChI is InChI=1S/C24H30N4O4/c1-27-9-8-18-14-17(6-7-21(18)27)22(28-10-12-32-13-11-28)16-25-23(29)24(30)26-19-4-3-5-20(15-19)31-2/h3-7,14-15,22H,8-13,16H2,1-2H3,(H,25,29)(H,26,30). The van der Waals surface area contributed by atoms with Crippen molar-refractivity contribution < 1.29 is 19.1 Å². The number of carbonyl (C=O) groups is 2. The van der Waals surface area contributed by atoms with Gasteiger partial charge in [0.1, 0.15) is 5.75 Å². The number of fused-ring (bicyclic) bond motifs is 1. The molecule has 1 unspecified atom stereocenters. The zero-order valence-electron chi connectivity index (χ0n) is 18.6. The topological polar surface area (TPSA) is 83.1 Å². The van der Waals surface area contributed by atoms with Gasteiger partial charge >= 0.3 is 11.8 Å². The minimum Gasteiger partial charge on any atom is -0.497 e. The maximum atomic E-state index is 12.5. The lowest BCUT2D eigenvalue weighted by Gasteiger charge is -2.35. The molecule has 0 spiro atoms. The van der Waals surface area contributed by atoms with Crippen LogP contribution in [0.25, 0.3) is 0 Å². The molecule has 170 valence electrons. The van der Waals surface area contributed by atoms with E-state index in [9.17, 15) is 9.59 Å². The second-order valence-corrected chi connectivity index (χ2v) is 8.12. The number of likely N-dealkylation sites (N-methyl/N-ethyl adjacent to an activating group) is 1. The van der Waals surface area contributed by atoms with Crippen LogP contribution in [-0.2, 0) is 20.7 Å². The average molecular weight is 439 g/mol. The predicted molar refractivity (Wildman–Crippen MR) is 123 cm³/mol. The highest BCUT2D eigenvalue weighted by molar-refractivity contribution is 6.39. The van der Waals surface area contributed by atoms with Crippen molar-refractivity contribution in [1.29, 1.82) is 0 Å². The summed E-state index contributed by atoms with van der Waals surface area (Å²) in [5, 5.41) is 5.46. The average Bonchev–Trinajstić information content (AvgIpc) is 3.20. The summed E-state index contributed by atoms with van der Waals surface area (Å²) in [5.74, 6) is -0.751. The first kappa shape index (κ1) is 22.1. The number of ether oxygens (including phenoxy) is 2. The molecule has 0 bridgehead atoms. The molecule has 4 rings (SSSR count). The minimum absolute atomic E-state index is 0.0244. The number of rotatable bonds is 6. The number of nitrogens with one attached hydrogen (secondary N) is 2. The van der Waals surface area contributed by atoms with Gasteiger partial charge in [-0.05, 0) is 35.7 Å². The van der Waals surface area contributed by atoms with Crippen molar-refractivity contribution in [2.45, 2.75) is 12.5 Å². The van der Waals surface area contributed by atoms with E-state index in [1.54, 1.807) is 31.4 Å². The smallest absolute Gasteiger partial charge is 0.313 e. The lowest BCUT2D eigenvalue weighted by molar-refractivity contribution is -0.136. The summed E-state index contributed by atoms with van der Waals surface area (Å²) in [7, 11) is 3.66. The molecule has 0 radical (unpaired) electrons. The third-order valence-electron chi connectivity index (χ3n) is 6.09. The van der Waals surface area contributed by atoms with Gasteiger partial charge in [0, 0.05) is 50.7 Å². The first-order chi connectivity index (χ1) is 15.5. The molecule has 8 heteroatoms. The molecule has 2 aliphatic rings. The van der Waals surface area contributed by atoms with E-state index >= 15 is 0 Å². The molecule has 2 heterocycles. The van der Waals surface area contributed by atoms with Crippen molar-refractivity contribution in [2.24, 2.45) is 0 Å². The summed E-state index contributed by atoms with van der Waals surface area (Å²) in [6.07, 6.45) is 1.02. The number of nitrogens with zero attached hydrogens (tertiary/aromatic N) is 2. The van der Waals surface area contributed by atoms with Crippen LogP contribution in [0.1, 0.15) is 17.2 Å². The van der Waals surface area contributed by atoms with Crippen molar-refractivity contribution in [3.8, 4) is 5.75 Å². The molecule has 2 aromatic rings. The summed E-state index contributed by atoms with van der Waals surface area (Å²) in [5.41, 5.74) is 4.24. The minimum atomic E-state index is -0.699. The zero-order valence-corrected chi connectivity index (χ0v) is 18.6. The Bertz CT molecular complexity index is 974. The van der Waals surface area contributed by atoms with E-state index in [1.165, 1.54) is 11.3 Å². The van der Waals surface area contributed by atoms with Gasteiger partial charge in [0.05, 0.1) is 26.4 Å². The van der Waals surface area contributed by atoms with E-state index < -0.39 is 11.8 Å². The lowest BCUT2D eigenvalue weighted by Crippen LogP contribution is -2.45. The van der Waals surface area contributed by atoms with E-state index in [2.05, 4.69) is 45.7 Å². The molecule has 1 fully saturated rings. The van der Waals surface area contributed by atoms with Crippen LogP contribution in [0.3, 0.4) is 0 Å². The second-order valence-electron chi connectivity index (χ2n) is 8.12. The maximum Gasteiger partial charge on any atom is 0.313 e. The Hall–Kier alpha value is -3.10. The lowest BCUT2D eigenvalue weighted by atomic mass is 10.0. The molecule has 0 aromatic heterocycles. The third kappa shape index (κ3) is 5.03. The number of morpholine rings is 1. The van der Waals surface area contributed by atoms with Crippen LogP contribution in [-0.4, -0.2) is 70.3 Å². The van der Waals surface area contributed by atoms with Crippen LogP contribution in [0, 0.1) is 0 Å². The number of methoxy groups -OCH3 is 1. The number of hydrogen-bond donors (Lipinski definition) is 2. The highest BCUT2D eigenvalue weighted by Gasteiger charge is 2.26. The molecular formula is C24H30N4O4. The van der Waals surface area contributed by atoms with Gasteiger partial charge < -0.3 is 25.0 Å². The quantitative estimate of drug-likeness (QED) is 0.670. The van der Waals surface area contributed by atoms with Crippen molar-refractivity contribution in [1.82, 2.24) is 10.2 Å². The van der Waals surface area contributed by atoms with E-state index in [0.717, 1.165) is 31.6 Å². The SMILES string of the molecule is COc1cccc(NC(=O)C(=O)NCC(c2ccc3c(c2)CCN3C)N2CCOCC2)c1. The van der Waals surface area contributed by atoms with E-state index in [0.29, 0.717) is 31.2 Å². The Morgan fingerprint density at radius 1 is 1.09 bits per heavy atom. The zero-order chi connectivity index (χ0) is 22.5. The van der Waals surface area contributed by atoms with Crippen molar-refractivity contribution >= 4 is 23.2 Å². The monoisotopic (exact) mass is 438 g/mol. The largest absolute Gasteiger partial charge is 0.497 e. The van der Waals surface area contributed by atoms with Crippen LogP contribution >= 0.6 is 0 Å². The van der Waals surface area contributed by atoms with Crippen LogP contribution in [0.4, 0.5) is 11.4 Å². The van der Waals surface area contributed by atoms with Crippen LogP contribution in [0.2, 0.25) is 0 Å². The fourth-order valence-electron chi connectivity index (χ4n) is 4.30. The Kier molecular flexibility index (Phi) is 6.92. The molecule has 32 heavy (non-hydrogen) atoms. The summed E-state index contributed by atoms with van der Waals surface area (Å²) in [6, 6.07) is 13.4. The molecule has 2 aliphatic heterocycles. The van der Waals surface area contributed by atoms with Crippen LogP contribution < -0.4 is 20.3 Å². The first-order valence-corrected chi connectivity index (χ1v) is 10.9. The van der Waals surface area contributed by atoms with Gasteiger partial charge in [-0.3, -0.25) is 14.5 Å². The van der Waals surface area contributed by atoms with Crippen LogP contribution in [0.5, 0.6) is 5.75 Å². The summed E-state index contributed by atoms with van der Waals surface area (Å²) in [6.45, 7) is 4.26. The van der Waals surface area contributed by atoms with Gasteiger partial charge in [-0.1, -0.05) is 18.2 Å². The summed E-state index contributed by atoms with van der Waals surface area (Å²) in [4.78, 5) is 29.5. The van der Waals surface area contributed by atoms with Gasteiger partial charge in [-0.2, -0.15) is 0 Å². The molecular weight excluding hydrogens is 408 g/mol. The number of carbonyl (C=O) groups excluding carboxylic acids is 2. The fourth-order valence-corrected chi connectivity index (χ4v) is 4.30. The Morgan fingerprint density at radius 2 is 1.91 bits per heavy atom. The van der Waals surface area contributed by atoms with Gasteiger partial charge in [0.15, 0.2) is 0 Å². The van der Waals surface area contributed by atoms with Gasteiger partial charge in [0.2, 0.25) is 0 Å². The number of benzene rings is 2. The summed E-state index contributed by atoms with van der Waals surface area (Å²) >= 11 is 0. The molecule has 8 nitrogen and oxygen atoms in total. The third-order valence-corrected chi connectivity index (χ3v) is 6.09. The van der Waals surface area contributed by atoms with Gasteiger partial charge in [-0.25, -0.2) is 0 Å². The number of anilines is 2. The van der Waals surface area contributed by atoms with Gasteiger partial charge in [-0.15, -0.1) is 0 Å². The molecule has 2 amide bonds. The maximum absolute atomic E-state index is 12.5. The molecule has 1 saturated heterocycles. The van der Waals surface area contributed by atoms with Crippen molar-refractivity contribution in [2.75, 3.05) is 63.8 Å². The van der Waals surface area contributed by atoms with Crippen molar-refractivity contribution in [3.63, 3.8) is 0 Å². The van der Waals surface area contributed by atoms with Crippen LogP contribution in [0.15, 0.2) is 42.5 Å². The van der Waals surface area contributed by atoms with E-state index in [1.807, 2.05) is 0 Å². The van der Waals surface area contributed by atoms with Crippen molar-refractivity contribution in [3.05, 3.63) is 53.6 Å². The highest BCUT2D eigenvalue weighted by atomic mass is 16.5. The Labute approximate surface area is 188 Å².